The Hall–Kier alpha value is -3.01. The number of nitrogens with one attached hydrogen (secondary N) is 1. The van der Waals surface area contributed by atoms with Crippen molar-refractivity contribution in [2.24, 2.45) is 0 Å². The summed E-state index contributed by atoms with van der Waals surface area (Å²) in [5.41, 5.74) is 2.16. The van der Waals surface area contributed by atoms with Gasteiger partial charge in [-0.15, -0.1) is 11.3 Å². The molecule has 1 amide bonds. The van der Waals surface area contributed by atoms with Gasteiger partial charge in [0.25, 0.3) is 5.91 Å². The summed E-state index contributed by atoms with van der Waals surface area (Å²) < 4.78 is 32.0. The van der Waals surface area contributed by atoms with Gasteiger partial charge in [-0.3, -0.25) is 4.79 Å². The first-order valence-electron chi connectivity index (χ1n) is 11.0. The summed E-state index contributed by atoms with van der Waals surface area (Å²) in [4.78, 5) is 26.8. The molecule has 1 heterocycles. The number of carbonyl (C=O) groups excluding carboxylic acids is 2. The zero-order chi connectivity index (χ0) is 24.9. The van der Waals surface area contributed by atoms with Crippen molar-refractivity contribution in [3.63, 3.8) is 0 Å². The number of ether oxygens (including phenoxy) is 1. The Kier molecular flexibility index (Phi) is 8.24. The van der Waals surface area contributed by atoms with Gasteiger partial charge in [-0.25, -0.2) is 13.2 Å². The lowest BCUT2D eigenvalue weighted by molar-refractivity contribution is 0.0529. The van der Waals surface area contributed by atoms with Crippen LogP contribution in [0.4, 0.5) is 5.00 Å². The van der Waals surface area contributed by atoms with Gasteiger partial charge in [0.1, 0.15) is 10.6 Å². The second-order valence-corrected chi connectivity index (χ2v) is 10.6. The Morgan fingerprint density at radius 1 is 0.971 bits per heavy atom. The number of hydrogen-bond donors (Lipinski definition) is 1. The number of esters is 1. The Morgan fingerprint density at radius 2 is 1.59 bits per heavy atom. The van der Waals surface area contributed by atoms with Crippen molar-refractivity contribution in [1.82, 2.24) is 4.31 Å². The molecule has 2 aromatic carbocycles. The molecule has 0 spiro atoms. The van der Waals surface area contributed by atoms with E-state index in [1.54, 1.807) is 20.8 Å². The fraction of sp³-hybridized carbons (Fsp3) is 0.280. The Balaban J connectivity index is 1.94. The van der Waals surface area contributed by atoms with Crippen LogP contribution < -0.4 is 5.32 Å². The number of carbonyl (C=O) groups is 2. The lowest BCUT2D eigenvalue weighted by atomic mass is 10.0. The summed E-state index contributed by atoms with van der Waals surface area (Å²) in [7, 11) is -3.62. The first kappa shape index (κ1) is 25.6. The van der Waals surface area contributed by atoms with Crippen LogP contribution in [0.25, 0.3) is 11.1 Å². The van der Waals surface area contributed by atoms with E-state index in [1.165, 1.54) is 39.9 Å². The van der Waals surface area contributed by atoms with E-state index < -0.39 is 21.9 Å². The number of aryl methyl sites for hydroxylation is 1. The summed E-state index contributed by atoms with van der Waals surface area (Å²) in [6, 6.07) is 15.2. The monoisotopic (exact) mass is 500 g/mol. The van der Waals surface area contributed by atoms with Crippen molar-refractivity contribution < 1.29 is 22.7 Å². The summed E-state index contributed by atoms with van der Waals surface area (Å²) in [6.07, 6.45) is 0. The van der Waals surface area contributed by atoms with Crippen LogP contribution >= 0.6 is 11.3 Å². The maximum absolute atomic E-state index is 13.0. The summed E-state index contributed by atoms with van der Waals surface area (Å²) in [5, 5.41) is 3.21. The average Bonchev–Trinajstić information content (AvgIpc) is 3.16. The van der Waals surface area contributed by atoms with Gasteiger partial charge in [0, 0.05) is 29.1 Å². The number of rotatable bonds is 9. The molecular weight excluding hydrogens is 472 g/mol. The van der Waals surface area contributed by atoms with Crippen molar-refractivity contribution in [2.75, 3.05) is 25.0 Å². The Bertz CT molecular complexity index is 1260. The fourth-order valence-corrected chi connectivity index (χ4v) is 6.17. The van der Waals surface area contributed by atoms with Gasteiger partial charge in [-0.05, 0) is 43.7 Å². The van der Waals surface area contributed by atoms with Crippen LogP contribution in [0.1, 0.15) is 46.4 Å². The molecule has 9 heteroatoms. The number of anilines is 1. The van der Waals surface area contributed by atoms with Gasteiger partial charge in [0.15, 0.2) is 0 Å². The molecule has 0 saturated heterocycles. The van der Waals surface area contributed by atoms with Crippen LogP contribution in [-0.4, -0.2) is 44.3 Å². The van der Waals surface area contributed by atoms with Gasteiger partial charge in [0.05, 0.1) is 11.5 Å². The molecule has 0 aliphatic carbocycles. The third-order valence-electron chi connectivity index (χ3n) is 5.31. The van der Waals surface area contributed by atoms with Crippen LogP contribution in [0.15, 0.2) is 59.5 Å². The van der Waals surface area contributed by atoms with E-state index in [4.69, 9.17) is 4.74 Å². The maximum Gasteiger partial charge on any atom is 0.341 e. The molecule has 0 fully saturated rings. The summed E-state index contributed by atoms with van der Waals surface area (Å²) >= 11 is 1.29. The van der Waals surface area contributed by atoms with Crippen LogP contribution in [0.2, 0.25) is 0 Å². The van der Waals surface area contributed by atoms with E-state index in [-0.39, 0.29) is 17.1 Å². The first-order valence-corrected chi connectivity index (χ1v) is 13.3. The van der Waals surface area contributed by atoms with Crippen molar-refractivity contribution >= 4 is 38.2 Å². The normalized spacial score (nSPS) is 11.4. The molecule has 3 aromatic rings. The number of sulfonamides is 1. The third-order valence-corrected chi connectivity index (χ3v) is 8.40. The molecular formula is C25H28N2O5S2. The molecule has 0 aliphatic heterocycles. The van der Waals surface area contributed by atoms with Crippen molar-refractivity contribution in [3.8, 4) is 11.1 Å². The molecule has 7 nitrogen and oxygen atoms in total. The minimum absolute atomic E-state index is 0.123. The van der Waals surface area contributed by atoms with Crippen LogP contribution in [0.3, 0.4) is 0 Å². The van der Waals surface area contributed by atoms with E-state index in [0.29, 0.717) is 23.7 Å². The predicted octanol–water partition coefficient (Wildman–Crippen LogP) is 5.18. The van der Waals surface area contributed by atoms with Crippen molar-refractivity contribution in [2.45, 2.75) is 32.6 Å². The quantitative estimate of drug-likeness (QED) is 0.409. The molecule has 1 aromatic heterocycles. The molecule has 180 valence electrons. The number of thiophene rings is 1. The Labute approximate surface area is 204 Å². The summed E-state index contributed by atoms with van der Waals surface area (Å²) in [5.74, 6) is -0.958. The van der Waals surface area contributed by atoms with Crippen LogP contribution in [0.5, 0.6) is 0 Å². The lowest BCUT2D eigenvalue weighted by Crippen LogP contribution is -2.30. The van der Waals surface area contributed by atoms with Gasteiger partial charge >= 0.3 is 5.97 Å². The molecule has 1 N–H and O–H groups in total. The van der Waals surface area contributed by atoms with E-state index >= 15 is 0 Å². The van der Waals surface area contributed by atoms with Gasteiger partial charge in [0.2, 0.25) is 10.0 Å². The molecule has 0 bridgehead atoms. The molecule has 0 aliphatic rings. The van der Waals surface area contributed by atoms with Crippen molar-refractivity contribution in [1.29, 1.82) is 0 Å². The number of nitrogens with zero attached hydrogens (tertiary/aromatic N) is 1. The fourth-order valence-electron chi connectivity index (χ4n) is 3.65. The SMILES string of the molecule is CCOC(=O)c1c(NC(=O)c2ccc(S(=O)(=O)N(CC)CC)cc2)sc(C)c1-c1ccccc1. The second kappa shape index (κ2) is 10.9. The van der Waals surface area contributed by atoms with Crippen molar-refractivity contribution in [3.05, 3.63) is 70.6 Å². The largest absolute Gasteiger partial charge is 0.462 e. The second-order valence-electron chi connectivity index (χ2n) is 7.39. The highest BCUT2D eigenvalue weighted by molar-refractivity contribution is 7.89. The van der Waals surface area contributed by atoms with Crippen LogP contribution in [-0.2, 0) is 14.8 Å². The topological polar surface area (TPSA) is 92.8 Å². The van der Waals surface area contributed by atoms with Gasteiger partial charge in [-0.1, -0.05) is 44.2 Å². The van der Waals surface area contributed by atoms with Gasteiger partial charge < -0.3 is 10.1 Å². The number of benzene rings is 2. The molecule has 0 atom stereocenters. The zero-order valence-corrected chi connectivity index (χ0v) is 21.3. The minimum Gasteiger partial charge on any atom is -0.462 e. The number of amides is 1. The van der Waals surface area contributed by atoms with Gasteiger partial charge in [-0.2, -0.15) is 4.31 Å². The smallest absolute Gasteiger partial charge is 0.341 e. The van der Waals surface area contributed by atoms with E-state index in [0.717, 1.165) is 16.0 Å². The molecule has 3 rings (SSSR count). The van der Waals surface area contributed by atoms with Crippen LogP contribution in [0, 0.1) is 6.92 Å². The Morgan fingerprint density at radius 3 is 2.15 bits per heavy atom. The molecule has 0 unspecified atom stereocenters. The molecule has 0 radical (unpaired) electrons. The molecule has 0 saturated carbocycles. The predicted molar refractivity (Wildman–Crippen MR) is 135 cm³/mol. The van der Waals surface area contributed by atoms with E-state index in [9.17, 15) is 18.0 Å². The molecule has 34 heavy (non-hydrogen) atoms. The standard InChI is InChI=1S/C25H28N2O5S2/c1-5-27(6-2)34(30,31)20-15-13-19(14-16-20)23(28)26-24-22(25(29)32-7-3)21(17(4)33-24)18-11-9-8-10-12-18/h8-16H,5-7H2,1-4H3,(H,26,28). The van der Waals surface area contributed by atoms with E-state index in [1.807, 2.05) is 37.3 Å². The minimum atomic E-state index is -3.62. The maximum atomic E-state index is 13.0. The highest BCUT2D eigenvalue weighted by Crippen LogP contribution is 2.40. The van der Waals surface area contributed by atoms with E-state index in [2.05, 4.69) is 5.32 Å². The highest BCUT2D eigenvalue weighted by atomic mass is 32.2. The first-order chi connectivity index (χ1) is 16.2. The lowest BCUT2D eigenvalue weighted by Gasteiger charge is -2.18. The number of hydrogen-bond acceptors (Lipinski definition) is 6. The zero-order valence-electron chi connectivity index (χ0n) is 19.6. The summed E-state index contributed by atoms with van der Waals surface area (Å²) in [6.45, 7) is 8.09. The highest BCUT2D eigenvalue weighted by Gasteiger charge is 2.26. The average molecular weight is 501 g/mol. The third kappa shape index (κ3) is 5.22.